The Morgan fingerprint density at radius 3 is 2.47 bits per heavy atom. The van der Waals surface area contributed by atoms with Gasteiger partial charge < -0.3 is 11.1 Å². The molecule has 0 aliphatic heterocycles. The van der Waals surface area contributed by atoms with Crippen LogP contribution in [-0.4, -0.2) is 17.9 Å². The molecule has 6 heteroatoms. The predicted molar refractivity (Wildman–Crippen MR) is 66.2 cm³/mol. The molecule has 2 atom stereocenters. The van der Waals surface area contributed by atoms with Gasteiger partial charge in [0, 0.05) is 12.0 Å². The van der Waals surface area contributed by atoms with Crippen LogP contribution in [-0.2, 0) is 4.79 Å². The molecule has 0 unspecified atom stereocenters. The number of hydrogen-bond donors (Lipinski definition) is 2. The molecule has 0 aliphatic carbocycles. The maximum absolute atomic E-state index is 12.7. The Morgan fingerprint density at radius 1 is 1.42 bits per heavy atom. The Bertz CT molecular complexity index is 508. The van der Waals surface area contributed by atoms with Crippen molar-refractivity contribution in [2.24, 2.45) is 11.7 Å². The van der Waals surface area contributed by atoms with E-state index in [0.29, 0.717) is 0 Å². The highest BCUT2D eigenvalue weighted by Gasteiger charge is 2.25. The molecule has 0 aliphatic rings. The Morgan fingerprint density at radius 2 is 2.00 bits per heavy atom. The monoisotopic (exact) mass is 263 g/mol. The van der Waals surface area contributed by atoms with Gasteiger partial charge in [0.1, 0.15) is 11.9 Å². The average Bonchev–Trinajstić information content (AvgIpc) is 2.36. The summed E-state index contributed by atoms with van der Waals surface area (Å²) in [6.07, 6.45) is 0.0945. The molecular formula is C13H14FN3O2. The lowest BCUT2D eigenvalue weighted by molar-refractivity contribution is -0.120. The van der Waals surface area contributed by atoms with Crippen LogP contribution in [0.2, 0.25) is 0 Å². The van der Waals surface area contributed by atoms with Crippen molar-refractivity contribution in [2.75, 3.05) is 0 Å². The van der Waals surface area contributed by atoms with Crippen molar-refractivity contribution in [3.05, 3.63) is 35.6 Å². The number of halogens is 1. The number of nitrogens with zero attached hydrogens (tertiary/aromatic N) is 1. The molecule has 1 rings (SSSR count). The van der Waals surface area contributed by atoms with Crippen LogP contribution >= 0.6 is 0 Å². The molecule has 0 heterocycles. The molecule has 3 N–H and O–H groups in total. The Kier molecular flexibility index (Phi) is 5.01. The highest BCUT2D eigenvalue weighted by Crippen LogP contribution is 2.09. The van der Waals surface area contributed by atoms with Crippen molar-refractivity contribution in [3.8, 4) is 6.07 Å². The lowest BCUT2D eigenvalue weighted by atomic mass is 9.98. The summed E-state index contributed by atoms with van der Waals surface area (Å²) in [4.78, 5) is 23.1. The fourth-order valence-corrected chi connectivity index (χ4v) is 1.58. The van der Waals surface area contributed by atoms with Gasteiger partial charge in [-0.3, -0.25) is 9.59 Å². The maximum atomic E-state index is 12.7. The van der Waals surface area contributed by atoms with E-state index in [1.807, 2.05) is 6.07 Å². The predicted octanol–water partition coefficient (Wildman–Crippen LogP) is 0.959. The summed E-state index contributed by atoms with van der Waals surface area (Å²) in [6.45, 7) is 1.64. The highest BCUT2D eigenvalue weighted by molar-refractivity contribution is 5.97. The van der Waals surface area contributed by atoms with Gasteiger partial charge in [-0.2, -0.15) is 5.26 Å². The smallest absolute Gasteiger partial charge is 0.251 e. The van der Waals surface area contributed by atoms with Crippen LogP contribution in [0.1, 0.15) is 23.7 Å². The van der Waals surface area contributed by atoms with Crippen LogP contribution in [0.3, 0.4) is 0 Å². The molecule has 0 aromatic heterocycles. The summed E-state index contributed by atoms with van der Waals surface area (Å²) in [7, 11) is 0. The summed E-state index contributed by atoms with van der Waals surface area (Å²) in [5.74, 6) is -2.10. The Labute approximate surface area is 110 Å². The van der Waals surface area contributed by atoms with E-state index >= 15 is 0 Å². The zero-order chi connectivity index (χ0) is 14.4. The second-order valence-corrected chi connectivity index (χ2v) is 4.20. The fraction of sp³-hybridized carbons (Fsp3) is 0.308. The van der Waals surface area contributed by atoms with Gasteiger partial charge in [0.2, 0.25) is 5.91 Å². The van der Waals surface area contributed by atoms with Crippen molar-refractivity contribution >= 4 is 11.8 Å². The first-order chi connectivity index (χ1) is 8.95. The standard InChI is InChI=1S/C13H14FN3O2/c1-8(6-7-15)11(12(16)18)17-13(19)9-2-4-10(14)5-3-9/h2-5,8,11H,6H2,1H3,(H2,16,18)(H,17,19)/t8-,11+/m0/s1. The molecule has 0 fully saturated rings. The fourth-order valence-electron chi connectivity index (χ4n) is 1.58. The van der Waals surface area contributed by atoms with Crippen LogP contribution in [0.4, 0.5) is 4.39 Å². The van der Waals surface area contributed by atoms with E-state index in [4.69, 9.17) is 11.0 Å². The zero-order valence-electron chi connectivity index (χ0n) is 10.4. The third kappa shape index (κ3) is 4.07. The largest absolute Gasteiger partial charge is 0.368 e. The van der Waals surface area contributed by atoms with Gasteiger partial charge in [0.25, 0.3) is 5.91 Å². The number of carbonyl (C=O) groups excluding carboxylic acids is 2. The van der Waals surface area contributed by atoms with E-state index in [2.05, 4.69) is 5.32 Å². The number of nitriles is 1. The third-order valence-electron chi connectivity index (χ3n) is 2.68. The molecule has 100 valence electrons. The second-order valence-electron chi connectivity index (χ2n) is 4.20. The van der Waals surface area contributed by atoms with Crippen LogP contribution < -0.4 is 11.1 Å². The van der Waals surface area contributed by atoms with E-state index in [0.717, 1.165) is 12.1 Å². The number of carbonyl (C=O) groups is 2. The van der Waals surface area contributed by atoms with Crippen LogP contribution in [0, 0.1) is 23.1 Å². The Balaban J connectivity index is 2.80. The number of nitrogens with one attached hydrogen (secondary N) is 1. The molecule has 0 saturated carbocycles. The van der Waals surface area contributed by atoms with Gasteiger partial charge in [0.05, 0.1) is 6.07 Å². The van der Waals surface area contributed by atoms with Crippen molar-refractivity contribution < 1.29 is 14.0 Å². The molecule has 0 radical (unpaired) electrons. The molecule has 1 aromatic carbocycles. The normalized spacial score (nSPS) is 13.1. The molecule has 0 bridgehead atoms. The van der Waals surface area contributed by atoms with E-state index in [-0.39, 0.29) is 12.0 Å². The van der Waals surface area contributed by atoms with Gasteiger partial charge in [-0.1, -0.05) is 6.92 Å². The highest BCUT2D eigenvalue weighted by atomic mass is 19.1. The van der Waals surface area contributed by atoms with Crippen molar-refractivity contribution in [3.63, 3.8) is 0 Å². The van der Waals surface area contributed by atoms with Gasteiger partial charge in [-0.05, 0) is 30.2 Å². The summed E-state index contributed by atoms with van der Waals surface area (Å²) in [5, 5.41) is 11.0. The minimum absolute atomic E-state index is 0.0945. The summed E-state index contributed by atoms with van der Waals surface area (Å²) in [5.41, 5.74) is 5.41. The van der Waals surface area contributed by atoms with Crippen LogP contribution in [0.15, 0.2) is 24.3 Å². The second kappa shape index (κ2) is 6.50. The maximum Gasteiger partial charge on any atom is 0.251 e. The molecule has 19 heavy (non-hydrogen) atoms. The Hall–Kier alpha value is -2.42. The van der Waals surface area contributed by atoms with E-state index in [1.165, 1.54) is 12.1 Å². The van der Waals surface area contributed by atoms with Gasteiger partial charge in [0.15, 0.2) is 0 Å². The van der Waals surface area contributed by atoms with Crippen molar-refractivity contribution in [1.82, 2.24) is 5.32 Å². The zero-order valence-corrected chi connectivity index (χ0v) is 10.4. The lowest BCUT2D eigenvalue weighted by Gasteiger charge is -2.20. The molecule has 0 spiro atoms. The third-order valence-corrected chi connectivity index (χ3v) is 2.68. The average molecular weight is 263 g/mol. The van der Waals surface area contributed by atoms with E-state index < -0.39 is 29.6 Å². The molecule has 1 aromatic rings. The van der Waals surface area contributed by atoms with E-state index in [9.17, 15) is 14.0 Å². The molecule has 2 amide bonds. The first-order valence-corrected chi connectivity index (χ1v) is 5.68. The van der Waals surface area contributed by atoms with Crippen LogP contribution in [0.5, 0.6) is 0 Å². The first-order valence-electron chi connectivity index (χ1n) is 5.68. The minimum atomic E-state index is -0.933. The summed E-state index contributed by atoms with van der Waals surface area (Å²) in [6, 6.07) is 5.88. The van der Waals surface area contributed by atoms with Crippen molar-refractivity contribution in [1.29, 1.82) is 5.26 Å². The number of amides is 2. The van der Waals surface area contributed by atoms with Crippen molar-refractivity contribution in [2.45, 2.75) is 19.4 Å². The number of benzene rings is 1. The lowest BCUT2D eigenvalue weighted by Crippen LogP contribution is -2.48. The molecule has 5 nitrogen and oxygen atoms in total. The SMILES string of the molecule is C[C@@H](CC#N)[C@@H](NC(=O)c1ccc(F)cc1)C(N)=O. The van der Waals surface area contributed by atoms with Gasteiger partial charge in [-0.15, -0.1) is 0 Å². The minimum Gasteiger partial charge on any atom is -0.368 e. The topological polar surface area (TPSA) is 96.0 Å². The molecular weight excluding hydrogens is 249 g/mol. The number of hydrogen-bond acceptors (Lipinski definition) is 3. The molecule has 0 saturated heterocycles. The van der Waals surface area contributed by atoms with Gasteiger partial charge >= 0.3 is 0 Å². The summed E-state index contributed by atoms with van der Waals surface area (Å²) < 4.78 is 12.7. The quantitative estimate of drug-likeness (QED) is 0.828. The number of nitrogens with two attached hydrogens (primary N) is 1. The number of primary amides is 1. The van der Waals surface area contributed by atoms with Gasteiger partial charge in [-0.25, -0.2) is 4.39 Å². The summed E-state index contributed by atoms with van der Waals surface area (Å²) >= 11 is 0. The number of rotatable bonds is 5. The first kappa shape index (κ1) is 14.6. The van der Waals surface area contributed by atoms with Crippen LogP contribution in [0.25, 0.3) is 0 Å². The van der Waals surface area contributed by atoms with E-state index in [1.54, 1.807) is 6.92 Å².